The molecule has 4 atom stereocenters. The minimum atomic E-state index is -0.674. The molecule has 4 rings (SSSR count). The lowest BCUT2D eigenvalue weighted by Crippen LogP contribution is -2.35. The van der Waals surface area contributed by atoms with Gasteiger partial charge in [-0.2, -0.15) is 4.98 Å². The number of aliphatic hydroxyl groups excluding tert-OH is 1. The van der Waals surface area contributed by atoms with Crippen LogP contribution in [0, 0.1) is 3.70 Å². The molecular weight excluding hydrogens is 517 g/mol. The van der Waals surface area contributed by atoms with E-state index in [0.29, 0.717) is 45.8 Å². The van der Waals surface area contributed by atoms with Gasteiger partial charge in [-0.15, -0.1) is 0 Å². The molecule has 0 spiro atoms. The minimum Gasteiger partial charge on any atom is -0.456 e. The van der Waals surface area contributed by atoms with Crippen molar-refractivity contribution in [3.63, 3.8) is 0 Å². The van der Waals surface area contributed by atoms with Crippen molar-refractivity contribution in [2.45, 2.75) is 50.3 Å². The van der Waals surface area contributed by atoms with Crippen LogP contribution in [0.25, 0.3) is 11.2 Å². The Labute approximate surface area is 183 Å². The molecule has 0 radical (unpaired) electrons. The number of rotatable bonds is 7. The van der Waals surface area contributed by atoms with Crippen molar-refractivity contribution in [1.82, 2.24) is 14.5 Å². The van der Waals surface area contributed by atoms with Crippen molar-refractivity contribution in [3.8, 4) is 6.01 Å². The van der Waals surface area contributed by atoms with Gasteiger partial charge in [-0.05, 0) is 34.7 Å². The quantitative estimate of drug-likeness (QED) is 0.249. The van der Waals surface area contributed by atoms with Crippen LogP contribution >= 0.6 is 34.2 Å². The number of fused-ring (bicyclic) bond motifs is 2. The Bertz CT molecular complexity index is 854. The van der Waals surface area contributed by atoms with Crippen LogP contribution in [0.2, 0.25) is 24.2 Å². The highest BCUT2D eigenvalue weighted by Crippen LogP contribution is 2.31. The van der Waals surface area contributed by atoms with Gasteiger partial charge in [0.1, 0.15) is 34.3 Å². The largest absolute Gasteiger partial charge is 0.456 e. The van der Waals surface area contributed by atoms with E-state index in [1.165, 1.54) is 0 Å². The normalized spacial score (nSPS) is 27.1. The molecule has 0 amide bonds. The van der Waals surface area contributed by atoms with Crippen molar-refractivity contribution in [2.24, 2.45) is 0 Å². The first-order valence-electron chi connectivity index (χ1n) is 9.32. The number of aliphatic hydroxyl groups is 1. The maximum Gasteiger partial charge on any atom is 0.301 e. The lowest BCUT2D eigenvalue weighted by atomic mass is 10.1. The highest BCUT2D eigenvalue weighted by molar-refractivity contribution is 14.1. The Kier molecular flexibility index (Phi) is 6.45. The summed E-state index contributed by atoms with van der Waals surface area (Å²) in [6, 6.07) is 3.27. The standard InChI is InChI=1S/C17H23ClIN3O5Si/c1-28(2)4-3-24-8-22-16-10(5-9(18)15(19)21-16)20-17(22)27-12-7-26-13-11(23)6-25-14(12)13/h5,11-14,23,28H,3-4,6-8H2,1-2H3/t11-,12-,13-,14-/m1/s1. The van der Waals surface area contributed by atoms with Crippen LogP contribution in [-0.2, 0) is 20.9 Å². The molecule has 2 aromatic heterocycles. The second-order valence-corrected chi connectivity index (χ2v) is 12.3. The van der Waals surface area contributed by atoms with E-state index in [2.05, 4.69) is 45.7 Å². The zero-order chi connectivity index (χ0) is 19.8. The molecule has 2 aliphatic rings. The number of ether oxygens (including phenoxy) is 4. The summed E-state index contributed by atoms with van der Waals surface area (Å²) in [5.41, 5.74) is 1.30. The highest BCUT2D eigenvalue weighted by Gasteiger charge is 2.48. The van der Waals surface area contributed by atoms with Crippen LogP contribution in [0.4, 0.5) is 0 Å². The number of hydrogen-bond acceptors (Lipinski definition) is 7. The summed E-state index contributed by atoms with van der Waals surface area (Å²) in [6.07, 6.45) is -1.64. The SMILES string of the molecule is C[SiH](C)CCOCn1c(O[C@@H]2CO[C@H]3[C@@H]2OC[C@H]3O)nc2cc(Cl)c(I)nc21. The molecule has 0 aliphatic carbocycles. The Morgan fingerprint density at radius 2 is 2.11 bits per heavy atom. The molecule has 2 aliphatic heterocycles. The lowest BCUT2D eigenvalue weighted by Gasteiger charge is -2.18. The van der Waals surface area contributed by atoms with Crippen LogP contribution in [0.5, 0.6) is 6.01 Å². The molecule has 0 aromatic carbocycles. The summed E-state index contributed by atoms with van der Waals surface area (Å²) >= 11 is 8.31. The van der Waals surface area contributed by atoms with Gasteiger partial charge in [0, 0.05) is 15.4 Å². The summed E-state index contributed by atoms with van der Waals surface area (Å²) in [7, 11) is -0.674. The zero-order valence-electron chi connectivity index (χ0n) is 15.7. The molecule has 0 unspecified atom stereocenters. The van der Waals surface area contributed by atoms with Crippen molar-refractivity contribution in [2.75, 3.05) is 19.8 Å². The van der Waals surface area contributed by atoms with E-state index in [0.717, 1.165) is 6.04 Å². The first-order chi connectivity index (χ1) is 13.4. The van der Waals surface area contributed by atoms with E-state index in [1.807, 2.05) is 4.57 Å². The zero-order valence-corrected chi connectivity index (χ0v) is 19.7. The van der Waals surface area contributed by atoms with E-state index < -0.39 is 14.9 Å². The number of hydrogen-bond donors (Lipinski definition) is 1. The van der Waals surface area contributed by atoms with E-state index >= 15 is 0 Å². The first kappa shape index (κ1) is 20.8. The van der Waals surface area contributed by atoms with Crippen molar-refractivity contribution in [3.05, 3.63) is 14.8 Å². The monoisotopic (exact) mass is 539 g/mol. The molecule has 2 saturated heterocycles. The molecule has 154 valence electrons. The average molecular weight is 540 g/mol. The molecule has 1 N–H and O–H groups in total. The van der Waals surface area contributed by atoms with Gasteiger partial charge >= 0.3 is 6.01 Å². The van der Waals surface area contributed by atoms with Crippen molar-refractivity contribution in [1.29, 1.82) is 0 Å². The third kappa shape index (κ3) is 4.18. The Morgan fingerprint density at radius 1 is 1.32 bits per heavy atom. The van der Waals surface area contributed by atoms with Crippen molar-refractivity contribution >= 4 is 54.2 Å². The lowest BCUT2D eigenvalue weighted by molar-refractivity contribution is 0.00337. The molecule has 11 heteroatoms. The second-order valence-electron chi connectivity index (χ2n) is 7.47. The predicted molar refractivity (Wildman–Crippen MR) is 115 cm³/mol. The number of halogens is 2. The summed E-state index contributed by atoms with van der Waals surface area (Å²) < 4.78 is 25.8. The van der Waals surface area contributed by atoms with Gasteiger partial charge in [0.15, 0.2) is 11.8 Å². The van der Waals surface area contributed by atoms with Gasteiger partial charge in [0.25, 0.3) is 0 Å². The summed E-state index contributed by atoms with van der Waals surface area (Å²) in [4.78, 5) is 9.13. The fourth-order valence-electron chi connectivity index (χ4n) is 3.34. The van der Waals surface area contributed by atoms with Crippen molar-refractivity contribution < 1.29 is 24.1 Å². The fraction of sp³-hybridized carbons (Fsp3) is 0.647. The van der Waals surface area contributed by atoms with Crippen LogP contribution in [0.1, 0.15) is 0 Å². The van der Waals surface area contributed by atoms with Gasteiger partial charge in [-0.3, -0.25) is 4.57 Å². The molecule has 0 saturated carbocycles. The second kappa shape index (κ2) is 8.70. The summed E-state index contributed by atoms with van der Waals surface area (Å²) in [5, 5.41) is 10.5. The first-order valence-corrected chi connectivity index (χ1v) is 13.9. The molecular formula is C17H23ClIN3O5Si. The van der Waals surface area contributed by atoms with Crippen LogP contribution in [-0.4, -0.2) is 72.7 Å². The minimum absolute atomic E-state index is 0.253. The Balaban J connectivity index is 1.58. The van der Waals surface area contributed by atoms with Crippen LogP contribution < -0.4 is 4.74 Å². The third-order valence-corrected chi connectivity index (χ3v) is 7.71. The maximum atomic E-state index is 9.93. The van der Waals surface area contributed by atoms with E-state index in [9.17, 15) is 5.11 Å². The average Bonchev–Trinajstić information content (AvgIpc) is 3.30. The third-order valence-electron chi connectivity index (χ3n) is 4.89. The number of pyridine rings is 1. The summed E-state index contributed by atoms with van der Waals surface area (Å²) in [5.74, 6) is 0. The van der Waals surface area contributed by atoms with Gasteiger partial charge in [0.05, 0.1) is 18.2 Å². The maximum absolute atomic E-state index is 9.93. The summed E-state index contributed by atoms with van der Waals surface area (Å²) in [6.45, 7) is 6.17. The smallest absolute Gasteiger partial charge is 0.301 e. The number of imidazole rings is 1. The van der Waals surface area contributed by atoms with Crippen LogP contribution in [0.3, 0.4) is 0 Å². The Morgan fingerprint density at radius 3 is 2.89 bits per heavy atom. The highest BCUT2D eigenvalue weighted by atomic mass is 127. The van der Waals surface area contributed by atoms with Gasteiger partial charge < -0.3 is 24.1 Å². The molecule has 28 heavy (non-hydrogen) atoms. The van der Waals surface area contributed by atoms with E-state index in [4.69, 9.17) is 30.5 Å². The fourth-order valence-corrected chi connectivity index (χ4v) is 4.51. The van der Waals surface area contributed by atoms with E-state index in [-0.39, 0.29) is 24.9 Å². The van der Waals surface area contributed by atoms with Gasteiger partial charge in [-0.25, -0.2) is 4.98 Å². The van der Waals surface area contributed by atoms with E-state index in [1.54, 1.807) is 6.07 Å². The van der Waals surface area contributed by atoms with Gasteiger partial charge in [0.2, 0.25) is 0 Å². The topological polar surface area (TPSA) is 87.9 Å². The molecule has 2 fully saturated rings. The number of aromatic nitrogens is 3. The Hall–Kier alpha value is -0.503. The molecule has 0 bridgehead atoms. The molecule has 8 nitrogen and oxygen atoms in total. The molecule has 2 aromatic rings. The van der Waals surface area contributed by atoms with Gasteiger partial charge in [-0.1, -0.05) is 24.7 Å². The van der Waals surface area contributed by atoms with Crippen LogP contribution in [0.15, 0.2) is 6.07 Å². The number of nitrogens with zero attached hydrogens (tertiary/aromatic N) is 3. The molecule has 4 heterocycles. The predicted octanol–water partition coefficient (Wildman–Crippen LogP) is 2.06.